The molecule has 0 saturated heterocycles. The van der Waals surface area contributed by atoms with Crippen molar-refractivity contribution in [1.29, 1.82) is 0 Å². The molecule has 0 aromatic heterocycles. The molecular formula is C19H30O4. The van der Waals surface area contributed by atoms with Gasteiger partial charge in [-0.15, -0.1) is 0 Å². The normalized spacial score (nSPS) is 36.0. The van der Waals surface area contributed by atoms with E-state index in [0.717, 1.165) is 25.7 Å². The van der Waals surface area contributed by atoms with Crippen molar-refractivity contribution in [1.82, 2.24) is 0 Å². The molecule has 23 heavy (non-hydrogen) atoms. The van der Waals surface area contributed by atoms with Gasteiger partial charge in [-0.1, -0.05) is 26.0 Å². The van der Waals surface area contributed by atoms with Crippen LogP contribution < -0.4 is 0 Å². The molecular weight excluding hydrogens is 292 g/mol. The van der Waals surface area contributed by atoms with Gasteiger partial charge in [-0.3, -0.25) is 9.59 Å². The molecule has 4 heteroatoms. The summed E-state index contributed by atoms with van der Waals surface area (Å²) in [5.41, 5.74) is -0.777. The van der Waals surface area contributed by atoms with Crippen LogP contribution in [0, 0.1) is 28.1 Å². The second-order valence-corrected chi connectivity index (χ2v) is 8.80. The summed E-state index contributed by atoms with van der Waals surface area (Å²) in [6.07, 6.45) is 7.82. The van der Waals surface area contributed by atoms with Crippen molar-refractivity contribution in [3.05, 3.63) is 12.2 Å². The zero-order chi connectivity index (χ0) is 17.5. The second-order valence-electron chi connectivity index (χ2n) is 8.80. The van der Waals surface area contributed by atoms with Gasteiger partial charge in [-0.2, -0.15) is 0 Å². The first-order valence-corrected chi connectivity index (χ1v) is 8.60. The number of fused-ring (bicyclic) bond motifs is 2. The minimum Gasteiger partial charge on any atom is -0.481 e. The van der Waals surface area contributed by atoms with Gasteiger partial charge in [0.1, 0.15) is 0 Å². The SMILES string of the molecule is CC(C)(C)C(=O)OCCC[C@@H]1[C@@H](C(=O)O)[C@@]2(C)C=C[C@]1(C)CC2. The van der Waals surface area contributed by atoms with E-state index in [1.54, 1.807) is 0 Å². The fourth-order valence-corrected chi connectivity index (χ4v) is 4.13. The summed E-state index contributed by atoms with van der Waals surface area (Å²) in [4.78, 5) is 23.7. The summed E-state index contributed by atoms with van der Waals surface area (Å²) < 4.78 is 5.33. The number of rotatable bonds is 5. The topological polar surface area (TPSA) is 63.6 Å². The maximum atomic E-state index is 11.9. The molecule has 0 aromatic rings. The van der Waals surface area contributed by atoms with Crippen LogP contribution in [-0.4, -0.2) is 23.7 Å². The summed E-state index contributed by atoms with van der Waals surface area (Å²) >= 11 is 0. The van der Waals surface area contributed by atoms with E-state index in [1.165, 1.54) is 0 Å². The Morgan fingerprint density at radius 2 is 1.74 bits per heavy atom. The van der Waals surface area contributed by atoms with E-state index in [0.29, 0.717) is 6.61 Å². The smallest absolute Gasteiger partial charge is 0.311 e. The molecule has 1 N–H and O–H groups in total. The average molecular weight is 322 g/mol. The third-order valence-electron chi connectivity index (χ3n) is 5.78. The number of ether oxygens (including phenoxy) is 1. The Hall–Kier alpha value is -1.32. The molecule has 3 rings (SSSR count). The van der Waals surface area contributed by atoms with Crippen LogP contribution in [0.4, 0.5) is 0 Å². The predicted octanol–water partition coefficient (Wildman–Crippen LogP) is 4.05. The fraction of sp³-hybridized carbons (Fsp3) is 0.789. The molecule has 0 unspecified atom stereocenters. The molecule has 1 fully saturated rings. The monoisotopic (exact) mass is 322 g/mol. The molecule has 0 radical (unpaired) electrons. The molecule has 3 aliphatic rings. The van der Waals surface area contributed by atoms with E-state index < -0.39 is 11.4 Å². The predicted molar refractivity (Wildman–Crippen MR) is 88.9 cm³/mol. The molecule has 130 valence electrons. The van der Waals surface area contributed by atoms with Gasteiger partial charge in [0, 0.05) is 0 Å². The lowest BCUT2D eigenvalue weighted by atomic mass is 9.48. The van der Waals surface area contributed by atoms with Crippen molar-refractivity contribution in [2.24, 2.45) is 28.1 Å². The third kappa shape index (κ3) is 3.46. The maximum absolute atomic E-state index is 11.9. The molecule has 4 nitrogen and oxygen atoms in total. The Kier molecular flexibility index (Phi) is 4.67. The number of hydrogen-bond acceptors (Lipinski definition) is 3. The molecule has 0 aromatic carbocycles. The fourth-order valence-electron chi connectivity index (χ4n) is 4.13. The van der Waals surface area contributed by atoms with Crippen molar-refractivity contribution in [3.8, 4) is 0 Å². The zero-order valence-corrected chi connectivity index (χ0v) is 15.0. The Morgan fingerprint density at radius 3 is 2.22 bits per heavy atom. The summed E-state index contributed by atoms with van der Waals surface area (Å²) in [5.74, 6) is -1.13. The number of carbonyl (C=O) groups is 2. The van der Waals surface area contributed by atoms with Gasteiger partial charge in [0.15, 0.2) is 0 Å². The molecule has 0 spiro atoms. The van der Waals surface area contributed by atoms with Gasteiger partial charge in [0.25, 0.3) is 0 Å². The standard InChI is InChI=1S/C19H30O4/c1-17(2,3)16(22)23-12-6-7-13-14(15(20)21)19(5)10-8-18(13,4)9-11-19/h8,10,13-14H,6-7,9,11-12H2,1-5H3,(H,20,21)/t13-,14+,18-,19+/m1/s1. The van der Waals surface area contributed by atoms with E-state index in [9.17, 15) is 14.7 Å². The summed E-state index contributed by atoms with van der Waals surface area (Å²) in [7, 11) is 0. The van der Waals surface area contributed by atoms with E-state index in [-0.39, 0.29) is 28.6 Å². The number of carbonyl (C=O) groups excluding carboxylic acids is 1. The zero-order valence-electron chi connectivity index (χ0n) is 15.0. The maximum Gasteiger partial charge on any atom is 0.311 e. The summed E-state index contributed by atoms with van der Waals surface area (Å²) in [6, 6.07) is 0. The van der Waals surface area contributed by atoms with Crippen LogP contribution in [0.25, 0.3) is 0 Å². The summed E-state index contributed by atoms with van der Waals surface area (Å²) in [5, 5.41) is 9.74. The van der Waals surface area contributed by atoms with Crippen LogP contribution in [0.3, 0.4) is 0 Å². The second kappa shape index (κ2) is 5.95. The highest BCUT2D eigenvalue weighted by Crippen LogP contribution is 2.59. The van der Waals surface area contributed by atoms with Crippen LogP contribution in [0.5, 0.6) is 0 Å². The molecule has 3 aliphatic carbocycles. The first-order chi connectivity index (χ1) is 10.5. The molecule has 2 bridgehead atoms. The van der Waals surface area contributed by atoms with Crippen molar-refractivity contribution in [2.45, 2.75) is 60.3 Å². The number of carboxylic acid groups (broad SMARTS) is 1. The van der Waals surface area contributed by atoms with E-state index >= 15 is 0 Å². The number of carboxylic acids is 1. The lowest BCUT2D eigenvalue weighted by Crippen LogP contribution is -2.52. The average Bonchev–Trinajstić information content (AvgIpc) is 2.43. The van der Waals surface area contributed by atoms with Gasteiger partial charge in [-0.25, -0.2) is 0 Å². The van der Waals surface area contributed by atoms with Gasteiger partial charge in [0.2, 0.25) is 0 Å². The van der Waals surface area contributed by atoms with Crippen LogP contribution in [0.15, 0.2) is 12.2 Å². The van der Waals surface area contributed by atoms with Crippen molar-refractivity contribution in [3.63, 3.8) is 0 Å². The Morgan fingerprint density at radius 1 is 1.17 bits per heavy atom. The first-order valence-electron chi connectivity index (χ1n) is 8.60. The number of esters is 1. The first kappa shape index (κ1) is 18.0. The van der Waals surface area contributed by atoms with Gasteiger partial charge in [-0.05, 0) is 63.2 Å². The molecule has 0 heterocycles. The molecule has 0 aliphatic heterocycles. The lowest BCUT2D eigenvalue weighted by molar-refractivity contribution is -0.157. The molecule has 4 atom stereocenters. The van der Waals surface area contributed by atoms with Crippen LogP contribution in [-0.2, 0) is 14.3 Å². The van der Waals surface area contributed by atoms with Crippen molar-refractivity contribution >= 4 is 11.9 Å². The number of aliphatic carboxylic acids is 1. The highest BCUT2D eigenvalue weighted by molar-refractivity contribution is 5.75. The third-order valence-corrected chi connectivity index (χ3v) is 5.78. The van der Waals surface area contributed by atoms with E-state index in [1.807, 2.05) is 20.8 Å². The quantitative estimate of drug-likeness (QED) is 0.471. The summed E-state index contributed by atoms with van der Waals surface area (Å²) in [6.45, 7) is 10.1. The Bertz CT molecular complexity index is 516. The lowest BCUT2D eigenvalue weighted by Gasteiger charge is -2.55. The van der Waals surface area contributed by atoms with Gasteiger partial charge >= 0.3 is 11.9 Å². The Labute approximate surface area is 139 Å². The minimum absolute atomic E-state index is 0.0468. The van der Waals surface area contributed by atoms with E-state index in [4.69, 9.17) is 4.74 Å². The number of hydrogen-bond donors (Lipinski definition) is 1. The van der Waals surface area contributed by atoms with Gasteiger partial charge < -0.3 is 9.84 Å². The van der Waals surface area contributed by atoms with Crippen molar-refractivity contribution in [2.75, 3.05) is 6.61 Å². The Balaban J connectivity index is 2.00. The highest BCUT2D eigenvalue weighted by Gasteiger charge is 2.55. The van der Waals surface area contributed by atoms with Crippen molar-refractivity contribution < 1.29 is 19.4 Å². The van der Waals surface area contributed by atoms with Gasteiger partial charge in [0.05, 0.1) is 17.9 Å². The molecule has 1 saturated carbocycles. The van der Waals surface area contributed by atoms with Crippen LogP contribution in [0.2, 0.25) is 0 Å². The largest absolute Gasteiger partial charge is 0.481 e. The number of allylic oxidation sites excluding steroid dienone is 2. The van der Waals surface area contributed by atoms with Crippen LogP contribution >= 0.6 is 0 Å². The van der Waals surface area contributed by atoms with E-state index in [2.05, 4.69) is 26.0 Å². The minimum atomic E-state index is -0.695. The van der Waals surface area contributed by atoms with Crippen LogP contribution in [0.1, 0.15) is 60.3 Å². The molecule has 0 amide bonds. The highest BCUT2D eigenvalue weighted by atomic mass is 16.5.